The van der Waals surface area contributed by atoms with Crippen LogP contribution in [-0.4, -0.2) is 24.9 Å². The van der Waals surface area contributed by atoms with Crippen LogP contribution in [0.1, 0.15) is 127 Å². The number of halogens is 10. The van der Waals surface area contributed by atoms with E-state index in [9.17, 15) is 22.0 Å². The normalized spacial score (nSPS) is 10.6. The van der Waals surface area contributed by atoms with E-state index in [-0.39, 0.29) is 25.8 Å². The van der Waals surface area contributed by atoms with Crippen LogP contribution >= 0.6 is 58.0 Å². The van der Waals surface area contributed by atoms with E-state index in [1.54, 1.807) is 60.7 Å². The summed E-state index contributed by atoms with van der Waals surface area (Å²) >= 11 is 28.2. The number of rotatable bonds is 20. The highest BCUT2D eigenvalue weighted by Gasteiger charge is 2.13. The quantitative estimate of drug-likeness (QED) is 0.0432. The van der Waals surface area contributed by atoms with Gasteiger partial charge in [0.25, 0.3) is 0 Å². The average molecular weight is 1320 g/mol. The lowest BCUT2D eigenvalue weighted by molar-refractivity contribution is 0.587. The Hall–Kier alpha value is -7.05. The van der Waals surface area contributed by atoms with E-state index in [1.807, 2.05) is 97.1 Å². The van der Waals surface area contributed by atoms with Crippen LogP contribution in [0.15, 0.2) is 182 Å². The second-order valence-corrected chi connectivity index (χ2v) is 23.2. The van der Waals surface area contributed by atoms with Gasteiger partial charge in [0.2, 0.25) is 29.7 Å². The van der Waals surface area contributed by atoms with Gasteiger partial charge >= 0.3 is 0 Å². The van der Waals surface area contributed by atoms with Crippen molar-refractivity contribution in [3.8, 4) is 55.6 Å². The van der Waals surface area contributed by atoms with Crippen LogP contribution in [0.3, 0.4) is 0 Å². The fourth-order valence-corrected chi connectivity index (χ4v) is 10.3. The molecule has 5 nitrogen and oxygen atoms in total. The monoisotopic (exact) mass is 1320 g/mol. The Balaban J connectivity index is 0.000000179. The Morgan fingerprint density at radius 1 is 0.256 bits per heavy atom. The van der Waals surface area contributed by atoms with Gasteiger partial charge in [0.1, 0.15) is 25.8 Å². The number of aryl methyl sites for hydroxylation is 5. The van der Waals surface area contributed by atoms with Crippen LogP contribution in [0.2, 0.25) is 25.8 Å². The van der Waals surface area contributed by atoms with E-state index in [4.69, 9.17) is 58.0 Å². The zero-order chi connectivity index (χ0) is 64.8. The minimum atomic E-state index is -0.531. The summed E-state index contributed by atoms with van der Waals surface area (Å²) in [7, 11) is 0. The number of aromatic nitrogens is 5. The van der Waals surface area contributed by atoms with Gasteiger partial charge in [0.15, 0.2) is 0 Å². The first-order valence-electron chi connectivity index (χ1n) is 30.6. The van der Waals surface area contributed by atoms with Crippen molar-refractivity contribution in [2.45, 2.75) is 131 Å². The molecule has 5 aromatic carbocycles. The molecule has 0 N–H and O–H groups in total. The molecule has 0 saturated carbocycles. The summed E-state index contributed by atoms with van der Waals surface area (Å²) in [6, 6.07) is 55.9. The second-order valence-electron chi connectivity index (χ2n) is 21.3. The Kier molecular flexibility index (Phi) is 30.9. The summed E-state index contributed by atoms with van der Waals surface area (Å²) in [6.45, 7) is 10.8. The molecular weight excluding hydrogens is 1240 g/mol. The summed E-state index contributed by atoms with van der Waals surface area (Å²) in [6.07, 6.45) is 17.2. The maximum absolute atomic E-state index is 13.8. The van der Waals surface area contributed by atoms with Crippen LogP contribution in [0.25, 0.3) is 55.6 Å². The maximum atomic E-state index is 13.8. The molecule has 0 spiro atoms. The third-order valence-corrected chi connectivity index (χ3v) is 15.6. The summed E-state index contributed by atoms with van der Waals surface area (Å²) in [5.41, 5.74) is 12.9. The van der Waals surface area contributed by atoms with Gasteiger partial charge in [-0.3, -0.25) is 0 Å². The Bertz CT molecular complexity index is 3780. The van der Waals surface area contributed by atoms with Crippen molar-refractivity contribution >= 4 is 58.0 Å². The maximum Gasteiger partial charge on any atom is 0.222 e. The van der Waals surface area contributed by atoms with Gasteiger partial charge in [-0.15, -0.1) is 0 Å². The first kappa shape index (κ1) is 72.0. The molecule has 0 aliphatic heterocycles. The zero-order valence-corrected chi connectivity index (χ0v) is 55.2. The van der Waals surface area contributed by atoms with E-state index in [2.05, 4.69) is 83.8 Å². The third kappa shape index (κ3) is 23.3. The number of unbranched alkanes of at least 4 members (excludes halogenated alkanes) is 6. The Labute approximate surface area is 553 Å². The van der Waals surface area contributed by atoms with E-state index in [0.29, 0.717) is 27.8 Å². The van der Waals surface area contributed by atoms with Crippen molar-refractivity contribution < 1.29 is 22.0 Å². The molecule has 0 aliphatic rings. The van der Waals surface area contributed by atoms with Gasteiger partial charge in [-0.05, 0) is 168 Å². The van der Waals surface area contributed by atoms with Crippen LogP contribution < -0.4 is 0 Å². The van der Waals surface area contributed by atoms with Gasteiger partial charge in [-0.1, -0.05) is 259 Å². The summed E-state index contributed by atoms with van der Waals surface area (Å²) < 4.78 is 68.4. The van der Waals surface area contributed by atoms with Crippen molar-refractivity contribution in [1.82, 2.24) is 24.9 Å². The first-order chi connectivity index (χ1) is 43.5. The van der Waals surface area contributed by atoms with Crippen molar-refractivity contribution in [2.75, 3.05) is 0 Å². The molecule has 0 fully saturated rings. The van der Waals surface area contributed by atoms with Crippen molar-refractivity contribution in [1.29, 1.82) is 0 Å². The second kappa shape index (κ2) is 38.6. The summed E-state index contributed by atoms with van der Waals surface area (Å²) in [5, 5.41) is 0.888. The number of hydrogen-bond donors (Lipinski definition) is 0. The van der Waals surface area contributed by atoms with E-state index in [1.165, 1.54) is 67.2 Å². The SMILES string of the molecule is CCCCCCc1ccc(-c2ccc(Cl)nc2F)cc1.CCCCCc1ccc(-c2ccc(Cl)nc2F)cc1.CCCCc1ccccc1-c1ccc(Cl)nc1F.CCCc1ccc(-c2ccc(Cl)nc2F)cc1.CCc1ccc(-c2ccc(Cl)nc2F)cc1. The fraction of sp³-hybridized carbons (Fsp3) is 0.267. The van der Waals surface area contributed by atoms with Gasteiger partial charge in [0, 0.05) is 27.8 Å². The summed E-state index contributed by atoms with van der Waals surface area (Å²) in [5.74, 6) is -2.61. The predicted octanol–water partition coefficient (Wildman–Crippen LogP) is 24.4. The first-order valence-corrected chi connectivity index (χ1v) is 32.5. The summed E-state index contributed by atoms with van der Waals surface area (Å²) in [4.78, 5) is 18.1. The number of pyridine rings is 5. The Morgan fingerprint density at radius 3 is 0.878 bits per heavy atom. The molecule has 0 unspecified atom stereocenters. The van der Waals surface area contributed by atoms with E-state index < -0.39 is 29.7 Å². The molecule has 10 rings (SSSR count). The van der Waals surface area contributed by atoms with Crippen LogP contribution in [-0.2, 0) is 32.1 Å². The average Bonchev–Trinajstić information content (AvgIpc) is 1.45. The lowest BCUT2D eigenvalue weighted by atomic mass is 9.97. The minimum Gasteiger partial charge on any atom is -0.207 e. The standard InChI is InChI=1S/C17H19ClFN.C16H17ClFN.C15H15ClFN.C14H13ClFN.C13H11ClFN/c1-2-3-4-5-6-13-7-9-14(10-8-13)15-11-12-16(18)20-17(15)19;1-2-3-4-5-12-6-8-13(9-7-12)14-10-11-15(17)19-16(14)18;1-2-3-6-11-7-4-5-8-12(11)13-9-10-14(16)18-15(13)17;1-2-3-10-4-6-11(7-5-10)12-8-9-13(15)17-14(12)16;1-2-9-3-5-10(6-4-9)11-7-8-12(14)16-13(11)15/h7-12H,2-6H2,1H3;6-11H,2-5H2,1H3;4-5,7-10H,2-3,6H2,1H3;4-9H,2-3H2,1H3;3-8H,2H2,1H3. The van der Waals surface area contributed by atoms with E-state index in [0.717, 1.165) is 84.7 Å². The van der Waals surface area contributed by atoms with Gasteiger partial charge < -0.3 is 0 Å². The smallest absolute Gasteiger partial charge is 0.207 e. The largest absolute Gasteiger partial charge is 0.222 e. The molecule has 0 bridgehead atoms. The van der Waals surface area contributed by atoms with Gasteiger partial charge in [-0.2, -0.15) is 22.0 Å². The van der Waals surface area contributed by atoms with Crippen molar-refractivity contribution in [2.24, 2.45) is 0 Å². The zero-order valence-electron chi connectivity index (χ0n) is 51.4. The molecule has 0 radical (unpaired) electrons. The lowest BCUT2D eigenvalue weighted by Gasteiger charge is -2.09. The molecule has 15 heteroatoms. The molecule has 5 aromatic heterocycles. The predicted molar refractivity (Wildman–Crippen MR) is 366 cm³/mol. The molecule has 90 heavy (non-hydrogen) atoms. The molecule has 0 saturated heterocycles. The van der Waals surface area contributed by atoms with Gasteiger partial charge in [0.05, 0.1) is 0 Å². The molecular formula is C75H75Cl5F5N5. The molecule has 0 atom stereocenters. The minimum absolute atomic E-state index is 0.173. The highest BCUT2D eigenvalue weighted by atomic mass is 35.5. The molecule has 0 amide bonds. The topological polar surface area (TPSA) is 64.5 Å². The van der Waals surface area contributed by atoms with Crippen LogP contribution in [0, 0.1) is 29.7 Å². The van der Waals surface area contributed by atoms with Crippen LogP contribution in [0.4, 0.5) is 22.0 Å². The van der Waals surface area contributed by atoms with Crippen molar-refractivity contribution in [3.63, 3.8) is 0 Å². The third-order valence-electron chi connectivity index (χ3n) is 14.6. The molecule has 10 aromatic rings. The number of nitrogens with zero attached hydrogens (tertiary/aromatic N) is 5. The number of hydrogen-bond acceptors (Lipinski definition) is 5. The Morgan fingerprint density at radius 2 is 0.556 bits per heavy atom. The van der Waals surface area contributed by atoms with Gasteiger partial charge in [-0.25, -0.2) is 24.9 Å². The molecule has 5 heterocycles. The highest BCUT2D eigenvalue weighted by Crippen LogP contribution is 2.30. The fourth-order valence-electron chi connectivity index (χ4n) is 9.59. The van der Waals surface area contributed by atoms with Crippen LogP contribution in [0.5, 0.6) is 0 Å². The lowest BCUT2D eigenvalue weighted by Crippen LogP contribution is -1.94. The molecule has 470 valence electrons. The number of benzene rings is 5. The van der Waals surface area contributed by atoms with E-state index >= 15 is 0 Å². The highest BCUT2D eigenvalue weighted by molar-refractivity contribution is 6.30. The molecule has 0 aliphatic carbocycles. The van der Waals surface area contributed by atoms with Crippen molar-refractivity contribution in [3.05, 3.63) is 265 Å².